The molecule has 0 unspecified atom stereocenters. The molecule has 2 saturated heterocycles. The largest absolute Gasteiger partial charge is 0.381 e. The molecule has 154 valence electrons. The molecule has 0 bridgehead atoms. The third kappa shape index (κ3) is 5.04. The molecule has 4 rings (SSSR count). The Morgan fingerprint density at radius 1 is 0.897 bits per heavy atom. The lowest BCUT2D eigenvalue weighted by Gasteiger charge is -2.38. The van der Waals surface area contributed by atoms with Crippen molar-refractivity contribution in [1.82, 2.24) is 10.2 Å². The standard InChI is InChI=1S/C24H30N2O3/c27-23(21-8-6-20(7-9-21)18-26-12-16-29-17-13-26)25-19-24(10-14-28-15-11-24)22-4-2-1-3-5-22/h1-9H,10-19H2,(H,25,27). The van der Waals surface area contributed by atoms with Crippen molar-refractivity contribution in [2.24, 2.45) is 0 Å². The van der Waals surface area contributed by atoms with Gasteiger partial charge in [0.1, 0.15) is 0 Å². The van der Waals surface area contributed by atoms with E-state index in [4.69, 9.17) is 9.47 Å². The van der Waals surface area contributed by atoms with Crippen LogP contribution in [-0.2, 0) is 21.4 Å². The lowest BCUT2D eigenvalue weighted by Crippen LogP contribution is -2.44. The zero-order chi connectivity index (χ0) is 19.9. The highest BCUT2D eigenvalue weighted by Gasteiger charge is 2.34. The van der Waals surface area contributed by atoms with E-state index in [-0.39, 0.29) is 11.3 Å². The van der Waals surface area contributed by atoms with Crippen LogP contribution < -0.4 is 5.32 Å². The van der Waals surface area contributed by atoms with E-state index < -0.39 is 0 Å². The molecule has 2 fully saturated rings. The number of benzene rings is 2. The lowest BCUT2D eigenvalue weighted by atomic mass is 9.74. The van der Waals surface area contributed by atoms with E-state index in [2.05, 4.69) is 46.6 Å². The molecule has 0 spiro atoms. The molecule has 0 aromatic heterocycles. The minimum absolute atomic E-state index is 0.00952. The van der Waals surface area contributed by atoms with E-state index in [1.54, 1.807) is 0 Å². The summed E-state index contributed by atoms with van der Waals surface area (Å²) in [4.78, 5) is 15.2. The Hall–Kier alpha value is -2.21. The van der Waals surface area contributed by atoms with E-state index >= 15 is 0 Å². The number of morpholine rings is 1. The van der Waals surface area contributed by atoms with Crippen molar-refractivity contribution < 1.29 is 14.3 Å². The molecule has 0 saturated carbocycles. The number of nitrogens with one attached hydrogen (secondary N) is 1. The van der Waals surface area contributed by atoms with Crippen LogP contribution in [-0.4, -0.2) is 56.9 Å². The maximum absolute atomic E-state index is 12.8. The lowest BCUT2D eigenvalue weighted by molar-refractivity contribution is 0.0342. The van der Waals surface area contributed by atoms with Gasteiger partial charge in [-0.2, -0.15) is 0 Å². The second-order valence-corrected chi connectivity index (χ2v) is 8.03. The van der Waals surface area contributed by atoms with E-state index in [1.807, 2.05) is 18.2 Å². The first kappa shape index (κ1) is 20.1. The third-order valence-electron chi connectivity index (χ3n) is 6.15. The summed E-state index contributed by atoms with van der Waals surface area (Å²) in [6.45, 7) is 6.55. The van der Waals surface area contributed by atoms with Crippen LogP contribution in [0.3, 0.4) is 0 Å². The minimum atomic E-state index is -0.0502. The Morgan fingerprint density at radius 3 is 2.24 bits per heavy atom. The quantitative estimate of drug-likeness (QED) is 0.818. The van der Waals surface area contributed by atoms with Crippen LogP contribution in [0, 0.1) is 0 Å². The van der Waals surface area contributed by atoms with Crippen molar-refractivity contribution >= 4 is 5.91 Å². The van der Waals surface area contributed by atoms with Crippen LogP contribution in [0.4, 0.5) is 0 Å². The van der Waals surface area contributed by atoms with Gasteiger partial charge in [0, 0.05) is 50.4 Å². The number of hydrogen-bond acceptors (Lipinski definition) is 4. The summed E-state index contributed by atoms with van der Waals surface area (Å²) in [6, 6.07) is 18.5. The van der Waals surface area contributed by atoms with E-state index in [1.165, 1.54) is 11.1 Å². The highest BCUT2D eigenvalue weighted by molar-refractivity contribution is 5.94. The number of hydrogen-bond donors (Lipinski definition) is 1. The summed E-state index contributed by atoms with van der Waals surface area (Å²) in [5.74, 6) is -0.00952. The summed E-state index contributed by atoms with van der Waals surface area (Å²) < 4.78 is 11.0. The second kappa shape index (κ2) is 9.53. The highest BCUT2D eigenvalue weighted by atomic mass is 16.5. The van der Waals surface area contributed by atoms with Gasteiger partial charge in [-0.1, -0.05) is 42.5 Å². The molecule has 0 atom stereocenters. The normalized spacial score (nSPS) is 19.6. The number of carbonyl (C=O) groups excluding carboxylic acids is 1. The Morgan fingerprint density at radius 2 is 1.55 bits per heavy atom. The zero-order valence-electron chi connectivity index (χ0n) is 16.9. The molecule has 0 radical (unpaired) electrons. The number of rotatable bonds is 6. The maximum atomic E-state index is 12.8. The van der Waals surface area contributed by atoms with Gasteiger partial charge in [0.25, 0.3) is 5.91 Å². The topological polar surface area (TPSA) is 50.8 Å². The highest BCUT2D eigenvalue weighted by Crippen LogP contribution is 2.34. The fourth-order valence-electron chi connectivity index (χ4n) is 4.25. The predicted molar refractivity (Wildman–Crippen MR) is 113 cm³/mol. The number of ether oxygens (including phenoxy) is 2. The van der Waals surface area contributed by atoms with Crippen LogP contribution in [0.2, 0.25) is 0 Å². The molecular weight excluding hydrogens is 364 g/mol. The molecule has 1 amide bonds. The van der Waals surface area contributed by atoms with Gasteiger partial charge in [-0.15, -0.1) is 0 Å². The fraction of sp³-hybridized carbons (Fsp3) is 0.458. The molecule has 2 aliphatic heterocycles. The van der Waals surface area contributed by atoms with Gasteiger partial charge < -0.3 is 14.8 Å². The fourth-order valence-corrected chi connectivity index (χ4v) is 4.25. The number of amides is 1. The molecule has 5 heteroatoms. The smallest absolute Gasteiger partial charge is 0.251 e. The number of nitrogens with zero attached hydrogens (tertiary/aromatic N) is 1. The molecule has 5 nitrogen and oxygen atoms in total. The Kier molecular flexibility index (Phi) is 6.60. The number of carbonyl (C=O) groups is 1. The van der Waals surface area contributed by atoms with Crippen molar-refractivity contribution in [2.45, 2.75) is 24.8 Å². The van der Waals surface area contributed by atoms with Crippen LogP contribution >= 0.6 is 0 Å². The van der Waals surface area contributed by atoms with Gasteiger partial charge in [0.05, 0.1) is 13.2 Å². The molecule has 2 heterocycles. The zero-order valence-corrected chi connectivity index (χ0v) is 16.9. The summed E-state index contributed by atoms with van der Waals surface area (Å²) >= 11 is 0. The van der Waals surface area contributed by atoms with E-state index in [0.717, 1.165) is 58.9 Å². The van der Waals surface area contributed by atoms with Crippen molar-refractivity contribution in [1.29, 1.82) is 0 Å². The first-order chi connectivity index (χ1) is 14.3. The van der Waals surface area contributed by atoms with Crippen molar-refractivity contribution in [2.75, 3.05) is 46.1 Å². The maximum Gasteiger partial charge on any atom is 0.251 e. The SMILES string of the molecule is O=C(NCC1(c2ccccc2)CCOCC1)c1ccc(CN2CCOCC2)cc1. The first-order valence-corrected chi connectivity index (χ1v) is 10.6. The first-order valence-electron chi connectivity index (χ1n) is 10.6. The minimum Gasteiger partial charge on any atom is -0.381 e. The molecule has 2 aromatic carbocycles. The summed E-state index contributed by atoms with van der Waals surface area (Å²) in [5.41, 5.74) is 3.18. The Balaban J connectivity index is 1.38. The van der Waals surface area contributed by atoms with Gasteiger partial charge in [-0.05, 0) is 36.1 Å². The van der Waals surface area contributed by atoms with Gasteiger partial charge in [-0.25, -0.2) is 0 Å². The van der Waals surface area contributed by atoms with Crippen molar-refractivity contribution in [3.63, 3.8) is 0 Å². The molecule has 1 N–H and O–H groups in total. The molecule has 0 aliphatic carbocycles. The summed E-state index contributed by atoms with van der Waals surface area (Å²) in [6.07, 6.45) is 1.85. The average molecular weight is 395 g/mol. The monoisotopic (exact) mass is 394 g/mol. The molecule has 2 aliphatic rings. The Labute approximate surface area is 173 Å². The van der Waals surface area contributed by atoms with Gasteiger partial charge in [-0.3, -0.25) is 9.69 Å². The van der Waals surface area contributed by atoms with Crippen LogP contribution in [0.1, 0.15) is 34.3 Å². The van der Waals surface area contributed by atoms with Crippen LogP contribution in [0.5, 0.6) is 0 Å². The van der Waals surface area contributed by atoms with Crippen molar-refractivity contribution in [3.05, 3.63) is 71.3 Å². The van der Waals surface area contributed by atoms with E-state index in [9.17, 15) is 4.79 Å². The van der Waals surface area contributed by atoms with Gasteiger partial charge >= 0.3 is 0 Å². The predicted octanol–water partition coefficient (Wildman–Crippen LogP) is 3.00. The molecule has 29 heavy (non-hydrogen) atoms. The van der Waals surface area contributed by atoms with Crippen LogP contribution in [0.25, 0.3) is 0 Å². The summed E-state index contributed by atoms with van der Waals surface area (Å²) in [7, 11) is 0. The molecule has 2 aromatic rings. The van der Waals surface area contributed by atoms with Crippen molar-refractivity contribution in [3.8, 4) is 0 Å². The van der Waals surface area contributed by atoms with Crippen LogP contribution in [0.15, 0.2) is 54.6 Å². The molecular formula is C24H30N2O3. The van der Waals surface area contributed by atoms with Gasteiger partial charge in [0.15, 0.2) is 0 Å². The second-order valence-electron chi connectivity index (χ2n) is 8.03. The average Bonchev–Trinajstić information content (AvgIpc) is 2.80. The summed E-state index contributed by atoms with van der Waals surface area (Å²) in [5, 5.41) is 3.19. The third-order valence-corrected chi connectivity index (χ3v) is 6.15. The van der Waals surface area contributed by atoms with Gasteiger partial charge in [0.2, 0.25) is 0 Å². The Bertz CT molecular complexity index is 780. The van der Waals surface area contributed by atoms with E-state index in [0.29, 0.717) is 12.1 Å².